The van der Waals surface area contributed by atoms with Gasteiger partial charge in [0, 0.05) is 43.5 Å². The lowest BCUT2D eigenvalue weighted by molar-refractivity contribution is -0.384. The van der Waals surface area contributed by atoms with Crippen molar-refractivity contribution in [2.45, 2.75) is 19.4 Å². The zero-order chi connectivity index (χ0) is 14.1. The number of nitro groups is 1. The number of nitrogens with one attached hydrogen (secondary N) is 1. The van der Waals surface area contributed by atoms with Gasteiger partial charge in [-0.25, -0.2) is 0 Å². The lowest BCUT2D eigenvalue weighted by Gasteiger charge is -2.26. The smallest absolute Gasteiger partial charge is 0.275 e. The van der Waals surface area contributed by atoms with Crippen molar-refractivity contribution >= 4 is 11.4 Å². The fraction of sp³-hybridized carbons (Fsp3) is 0.571. The zero-order valence-electron chi connectivity index (χ0n) is 11.5. The van der Waals surface area contributed by atoms with E-state index in [4.69, 9.17) is 4.74 Å². The lowest BCUT2D eigenvalue weighted by Crippen LogP contribution is -2.34. The minimum atomic E-state index is -0.355. The first-order chi connectivity index (χ1) is 9.69. The first-order valence-electron chi connectivity index (χ1n) is 7.08. The molecule has 0 unspecified atom stereocenters. The number of fused-ring (bicyclic) bond motifs is 1. The largest absolute Gasteiger partial charge is 0.494 e. The number of benzene rings is 1. The molecular formula is C14H19N3O3. The van der Waals surface area contributed by atoms with Gasteiger partial charge in [-0.05, 0) is 19.3 Å². The van der Waals surface area contributed by atoms with Gasteiger partial charge in [-0.1, -0.05) is 0 Å². The molecule has 0 bridgehead atoms. The summed E-state index contributed by atoms with van der Waals surface area (Å²) >= 11 is 0. The molecule has 0 aromatic heterocycles. The van der Waals surface area contributed by atoms with Gasteiger partial charge < -0.3 is 15.0 Å². The van der Waals surface area contributed by atoms with Crippen LogP contribution in [-0.2, 0) is 0 Å². The van der Waals surface area contributed by atoms with Gasteiger partial charge in [0.1, 0.15) is 5.75 Å². The van der Waals surface area contributed by atoms with Gasteiger partial charge in [0.05, 0.1) is 17.6 Å². The average molecular weight is 277 g/mol. The summed E-state index contributed by atoms with van der Waals surface area (Å²) in [5, 5.41) is 14.5. The van der Waals surface area contributed by atoms with Crippen LogP contribution in [0.4, 0.5) is 11.4 Å². The summed E-state index contributed by atoms with van der Waals surface area (Å²) in [5.41, 5.74) is 0.999. The van der Waals surface area contributed by atoms with Gasteiger partial charge in [0.2, 0.25) is 0 Å². The van der Waals surface area contributed by atoms with Crippen LogP contribution in [0.1, 0.15) is 13.3 Å². The number of ether oxygens (including phenoxy) is 1. The second-order valence-corrected chi connectivity index (χ2v) is 5.34. The second kappa shape index (κ2) is 5.28. The molecule has 108 valence electrons. The molecule has 2 fully saturated rings. The van der Waals surface area contributed by atoms with E-state index in [1.54, 1.807) is 6.07 Å². The van der Waals surface area contributed by atoms with Crippen LogP contribution in [0.5, 0.6) is 5.75 Å². The standard InChI is InChI=1S/C14H19N3O3/c1-2-20-13-6-11(5-12(7-13)17(18)19)16-4-3-10-8-15-9-14(10)16/h5-7,10,14-15H,2-4,8-9H2,1H3/t10-,14+/m0/s1. The van der Waals surface area contributed by atoms with Crippen molar-refractivity contribution in [3.63, 3.8) is 0 Å². The maximum atomic E-state index is 11.1. The van der Waals surface area contributed by atoms with Crippen LogP contribution >= 0.6 is 0 Å². The molecular weight excluding hydrogens is 258 g/mol. The van der Waals surface area contributed by atoms with Gasteiger partial charge in [-0.15, -0.1) is 0 Å². The molecule has 2 saturated heterocycles. The molecule has 6 nitrogen and oxygen atoms in total. The van der Waals surface area contributed by atoms with E-state index in [9.17, 15) is 10.1 Å². The highest BCUT2D eigenvalue weighted by molar-refractivity contribution is 5.59. The molecule has 1 N–H and O–H groups in total. The molecule has 2 heterocycles. The van der Waals surface area contributed by atoms with Crippen LogP contribution in [0.15, 0.2) is 18.2 Å². The van der Waals surface area contributed by atoms with Crippen molar-refractivity contribution < 1.29 is 9.66 Å². The van der Waals surface area contributed by atoms with Crippen LogP contribution in [0.2, 0.25) is 0 Å². The Morgan fingerprint density at radius 1 is 1.45 bits per heavy atom. The number of nitrogens with zero attached hydrogens (tertiary/aromatic N) is 2. The molecule has 6 heteroatoms. The number of anilines is 1. The molecule has 2 aliphatic heterocycles. The molecule has 1 aromatic carbocycles. The first kappa shape index (κ1) is 13.2. The normalized spacial score (nSPS) is 24.8. The number of rotatable bonds is 4. The van der Waals surface area contributed by atoms with Gasteiger partial charge >= 0.3 is 0 Å². The van der Waals surface area contributed by atoms with Gasteiger partial charge in [0.15, 0.2) is 0 Å². The van der Waals surface area contributed by atoms with Crippen LogP contribution in [0.3, 0.4) is 0 Å². The highest BCUT2D eigenvalue weighted by atomic mass is 16.6. The van der Waals surface area contributed by atoms with E-state index in [2.05, 4.69) is 10.2 Å². The molecule has 2 aliphatic rings. The van der Waals surface area contributed by atoms with Crippen molar-refractivity contribution in [2.75, 3.05) is 31.1 Å². The third kappa shape index (κ3) is 2.31. The quantitative estimate of drug-likeness (QED) is 0.671. The van der Waals surface area contributed by atoms with E-state index in [-0.39, 0.29) is 10.6 Å². The van der Waals surface area contributed by atoms with Crippen molar-refractivity contribution in [1.82, 2.24) is 5.32 Å². The van der Waals surface area contributed by atoms with Gasteiger partial charge in [0.25, 0.3) is 5.69 Å². The maximum absolute atomic E-state index is 11.1. The van der Waals surface area contributed by atoms with Crippen LogP contribution < -0.4 is 15.0 Å². The van der Waals surface area contributed by atoms with E-state index < -0.39 is 0 Å². The topological polar surface area (TPSA) is 67.6 Å². The van der Waals surface area contributed by atoms with Crippen LogP contribution in [0, 0.1) is 16.0 Å². The highest BCUT2D eigenvalue weighted by Gasteiger charge is 2.38. The minimum absolute atomic E-state index is 0.0976. The van der Waals surface area contributed by atoms with Crippen molar-refractivity contribution in [3.05, 3.63) is 28.3 Å². The van der Waals surface area contributed by atoms with E-state index in [0.29, 0.717) is 24.3 Å². The minimum Gasteiger partial charge on any atom is -0.494 e. The summed E-state index contributed by atoms with van der Waals surface area (Å²) in [6, 6.07) is 5.51. The van der Waals surface area contributed by atoms with E-state index in [1.807, 2.05) is 13.0 Å². The Balaban J connectivity index is 1.93. The predicted molar refractivity (Wildman–Crippen MR) is 76.4 cm³/mol. The molecule has 0 amide bonds. The third-order valence-electron chi connectivity index (χ3n) is 4.17. The Kier molecular flexibility index (Phi) is 3.48. The Morgan fingerprint density at radius 2 is 2.30 bits per heavy atom. The fourth-order valence-electron chi connectivity index (χ4n) is 3.26. The molecule has 0 radical (unpaired) electrons. The Labute approximate surface area is 117 Å². The van der Waals surface area contributed by atoms with E-state index >= 15 is 0 Å². The number of hydrogen-bond donors (Lipinski definition) is 1. The number of hydrogen-bond acceptors (Lipinski definition) is 5. The summed E-state index contributed by atoms with van der Waals surface area (Å²) in [4.78, 5) is 13.0. The molecule has 0 aliphatic carbocycles. The van der Waals surface area contributed by atoms with Crippen molar-refractivity contribution in [3.8, 4) is 5.75 Å². The summed E-state index contributed by atoms with van der Waals surface area (Å²) in [6.45, 7) is 5.36. The van der Waals surface area contributed by atoms with E-state index in [1.165, 1.54) is 6.07 Å². The van der Waals surface area contributed by atoms with Crippen LogP contribution in [0.25, 0.3) is 0 Å². The van der Waals surface area contributed by atoms with Crippen molar-refractivity contribution in [1.29, 1.82) is 0 Å². The molecule has 1 aromatic rings. The molecule has 2 atom stereocenters. The molecule has 20 heavy (non-hydrogen) atoms. The van der Waals surface area contributed by atoms with Gasteiger partial charge in [-0.3, -0.25) is 10.1 Å². The number of non-ortho nitro benzene ring substituents is 1. The molecule has 0 saturated carbocycles. The summed E-state index contributed by atoms with van der Waals surface area (Å²) in [7, 11) is 0. The summed E-state index contributed by atoms with van der Waals surface area (Å²) in [6.07, 6.45) is 1.14. The summed E-state index contributed by atoms with van der Waals surface area (Å²) in [5.74, 6) is 1.23. The van der Waals surface area contributed by atoms with Crippen molar-refractivity contribution in [2.24, 2.45) is 5.92 Å². The first-order valence-corrected chi connectivity index (χ1v) is 7.08. The second-order valence-electron chi connectivity index (χ2n) is 5.34. The lowest BCUT2D eigenvalue weighted by atomic mass is 10.0. The summed E-state index contributed by atoms with van der Waals surface area (Å²) < 4.78 is 5.46. The Morgan fingerprint density at radius 3 is 3.05 bits per heavy atom. The highest BCUT2D eigenvalue weighted by Crippen LogP contribution is 2.36. The van der Waals surface area contributed by atoms with E-state index in [0.717, 1.165) is 31.7 Å². The molecule has 0 spiro atoms. The Hall–Kier alpha value is -1.82. The predicted octanol–water partition coefficient (Wildman–Crippen LogP) is 1.79. The average Bonchev–Trinajstić information content (AvgIpc) is 3.00. The monoisotopic (exact) mass is 277 g/mol. The fourth-order valence-corrected chi connectivity index (χ4v) is 3.26. The SMILES string of the molecule is CCOc1cc(N2CC[C@H]3CNC[C@H]32)cc([N+](=O)[O-])c1. The Bertz CT molecular complexity index is 520. The number of nitro benzene ring substituents is 1. The third-order valence-corrected chi connectivity index (χ3v) is 4.17. The maximum Gasteiger partial charge on any atom is 0.275 e. The van der Waals surface area contributed by atoms with Crippen LogP contribution in [-0.4, -0.2) is 37.2 Å². The zero-order valence-corrected chi connectivity index (χ0v) is 11.5. The molecule has 3 rings (SSSR count). The van der Waals surface area contributed by atoms with Gasteiger partial charge in [-0.2, -0.15) is 0 Å².